The Morgan fingerprint density at radius 3 is 2.93 bits per heavy atom. The zero-order chi connectivity index (χ0) is 18.6. The van der Waals surface area contributed by atoms with Gasteiger partial charge in [0, 0.05) is 42.0 Å². The molecule has 4 rings (SSSR count). The number of carbonyl (C=O) groups is 1. The summed E-state index contributed by atoms with van der Waals surface area (Å²) in [5.74, 6) is 1.09. The van der Waals surface area contributed by atoms with E-state index < -0.39 is 0 Å². The summed E-state index contributed by atoms with van der Waals surface area (Å²) < 4.78 is 5.16. The van der Waals surface area contributed by atoms with E-state index in [1.54, 1.807) is 13.3 Å². The first kappa shape index (κ1) is 17.5. The van der Waals surface area contributed by atoms with Crippen molar-refractivity contribution >= 4 is 28.1 Å². The zero-order valence-electron chi connectivity index (χ0n) is 15.0. The van der Waals surface area contributed by atoms with Crippen LogP contribution in [0.4, 0.5) is 10.8 Å². The Kier molecular flexibility index (Phi) is 5.06. The third kappa shape index (κ3) is 3.95. The Hall–Kier alpha value is -2.87. The van der Waals surface area contributed by atoms with E-state index in [2.05, 4.69) is 20.5 Å². The van der Waals surface area contributed by atoms with Crippen molar-refractivity contribution in [1.29, 1.82) is 0 Å². The molecule has 0 saturated carbocycles. The number of likely N-dealkylation sites (tertiary alicyclic amines) is 1. The quantitative estimate of drug-likeness (QED) is 0.703. The highest BCUT2D eigenvalue weighted by Crippen LogP contribution is 2.28. The lowest BCUT2D eigenvalue weighted by atomic mass is 9.95. The fourth-order valence-corrected chi connectivity index (χ4v) is 4.00. The van der Waals surface area contributed by atoms with Gasteiger partial charge in [-0.15, -0.1) is 11.3 Å². The van der Waals surface area contributed by atoms with Gasteiger partial charge in [0.2, 0.25) is 0 Å². The number of hydrogen-bond acceptors (Lipinski definition) is 6. The lowest BCUT2D eigenvalue weighted by Crippen LogP contribution is -2.39. The summed E-state index contributed by atoms with van der Waals surface area (Å²) in [5.41, 5.74) is 2.48. The van der Waals surface area contributed by atoms with E-state index in [0.29, 0.717) is 23.3 Å². The molecule has 1 aliphatic rings. The zero-order valence-corrected chi connectivity index (χ0v) is 15.8. The molecule has 1 atom stereocenters. The second-order valence-electron chi connectivity index (χ2n) is 6.49. The van der Waals surface area contributed by atoms with Crippen LogP contribution in [0, 0.1) is 0 Å². The monoisotopic (exact) mass is 383 g/mol. The van der Waals surface area contributed by atoms with E-state index in [9.17, 15) is 4.79 Å². The number of methoxy groups -OCH3 is 1. The molecule has 7 nitrogen and oxygen atoms in total. The number of benzene rings is 1. The fraction of sp³-hybridized carbons (Fsp3) is 0.316. The standard InChI is InChI=1S/C19H21N5O2S/c1-26-15-6-4-14(5-7-15)21-19-22-17(12-27-19)18(25)24-10-2-3-13(11-24)16-8-9-20-23-16/h4-9,12-13H,2-3,10-11H2,1H3,(H,20,23)(H,21,22). The van der Waals surface area contributed by atoms with E-state index in [1.165, 1.54) is 11.3 Å². The number of ether oxygens (including phenoxy) is 1. The molecule has 0 spiro atoms. The minimum absolute atomic E-state index is 0.0155. The second-order valence-corrected chi connectivity index (χ2v) is 7.35. The molecule has 27 heavy (non-hydrogen) atoms. The highest BCUT2D eigenvalue weighted by Gasteiger charge is 2.27. The summed E-state index contributed by atoms with van der Waals surface area (Å²) in [5, 5.41) is 12.8. The van der Waals surface area contributed by atoms with Crippen molar-refractivity contribution in [1.82, 2.24) is 20.1 Å². The highest BCUT2D eigenvalue weighted by molar-refractivity contribution is 7.14. The molecule has 1 fully saturated rings. The topological polar surface area (TPSA) is 83.1 Å². The summed E-state index contributed by atoms with van der Waals surface area (Å²) in [6, 6.07) is 9.58. The van der Waals surface area contributed by atoms with E-state index in [-0.39, 0.29) is 5.91 Å². The van der Waals surface area contributed by atoms with Crippen molar-refractivity contribution < 1.29 is 9.53 Å². The number of rotatable bonds is 5. The molecule has 140 valence electrons. The van der Waals surface area contributed by atoms with Crippen LogP contribution >= 0.6 is 11.3 Å². The number of aromatic amines is 1. The Morgan fingerprint density at radius 1 is 1.33 bits per heavy atom. The molecule has 1 unspecified atom stereocenters. The number of piperidine rings is 1. The first-order valence-electron chi connectivity index (χ1n) is 8.88. The molecule has 1 aliphatic heterocycles. The average Bonchev–Trinajstić information content (AvgIpc) is 3.40. The van der Waals surface area contributed by atoms with Crippen LogP contribution in [0.5, 0.6) is 5.75 Å². The normalized spacial score (nSPS) is 16.9. The summed E-state index contributed by atoms with van der Waals surface area (Å²) in [6.45, 7) is 1.46. The molecule has 1 amide bonds. The van der Waals surface area contributed by atoms with Gasteiger partial charge in [-0.3, -0.25) is 9.89 Å². The number of carbonyl (C=O) groups excluding carboxylic acids is 1. The number of hydrogen-bond donors (Lipinski definition) is 2. The van der Waals surface area contributed by atoms with Crippen LogP contribution < -0.4 is 10.1 Å². The number of aromatic nitrogens is 3. The minimum atomic E-state index is -0.0155. The van der Waals surface area contributed by atoms with Crippen molar-refractivity contribution in [3.63, 3.8) is 0 Å². The number of nitrogens with zero attached hydrogens (tertiary/aromatic N) is 3. The van der Waals surface area contributed by atoms with Crippen LogP contribution in [0.3, 0.4) is 0 Å². The molecule has 3 heterocycles. The van der Waals surface area contributed by atoms with Crippen LogP contribution in [-0.2, 0) is 0 Å². The molecule has 2 aromatic heterocycles. The Bertz CT molecular complexity index is 891. The average molecular weight is 383 g/mol. The predicted octanol–water partition coefficient (Wildman–Crippen LogP) is 3.64. The molecule has 0 aliphatic carbocycles. The summed E-state index contributed by atoms with van der Waals surface area (Å²) >= 11 is 1.43. The van der Waals surface area contributed by atoms with Crippen LogP contribution in [0.2, 0.25) is 0 Å². The van der Waals surface area contributed by atoms with Crippen molar-refractivity contribution in [2.45, 2.75) is 18.8 Å². The van der Waals surface area contributed by atoms with E-state index in [0.717, 1.165) is 36.5 Å². The second kappa shape index (κ2) is 7.79. The molecule has 1 aromatic carbocycles. The lowest BCUT2D eigenvalue weighted by Gasteiger charge is -2.31. The fourth-order valence-electron chi connectivity index (χ4n) is 3.30. The molecule has 8 heteroatoms. The first-order chi connectivity index (χ1) is 13.2. The van der Waals surface area contributed by atoms with E-state index >= 15 is 0 Å². The molecule has 0 bridgehead atoms. The smallest absolute Gasteiger partial charge is 0.273 e. The van der Waals surface area contributed by atoms with Gasteiger partial charge in [-0.25, -0.2) is 4.98 Å². The van der Waals surface area contributed by atoms with Crippen molar-refractivity contribution in [2.24, 2.45) is 0 Å². The van der Waals surface area contributed by atoms with Crippen molar-refractivity contribution in [3.8, 4) is 5.75 Å². The van der Waals surface area contributed by atoms with Crippen LogP contribution in [-0.4, -0.2) is 46.2 Å². The third-order valence-electron chi connectivity index (χ3n) is 4.74. The Labute approximate surface area is 161 Å². The SMILES string of the molecule is COc1ccc(Nc2nc(C(=O)N3CCCC(c4ccn[nH]4)C3)cs2)cc1. The van der Waals surface area contributed by atoms with Gasteiger partial charge in [-0.05, 0) is 43.2 Å². The van der Waals surface area contributed by atoms with Gasteiger partial charge < -0.3 is 15.0 Å². The van der Waals surface area contributed by atoms with Gasteiger partial charge in [-0.1, -0.05) is 0 Å². The maximum absolute atomic E-state index is 12.9. The number of H-pyrrole nitrogens is 1. The van der Waals surface area contributed by atoms with Crippen LogP contribution in [0.1, 0.15) is 34.9 Å². The number of nitrogens with one attached hydrogen (secondary N) is 2. The van der Waals surface area contributed by atoms with Gasteiger partial charge in [-0.2, -0.15) is 5.10 Å². The van der Waals surface area contributed by atoms with E-state index in [4.69, 9.17) is 4.74 Å². The number of amides is 1. The van der Waals surface area contributed by atoms with Gasteiger partial charge in [0.15, 0.2) is 5.13 Å². The van der Waals surface area contributed by atoms with Gasteiger partial charge in [0.1, 0.15) is 11.4 Å². The van der Waals surface area contributed by atoms with Crippen LogP contribution in [0.15, 0.2) is 41.9 Å². The molecule has 1 saturated heterocycles. The molecular formula is C19H21N5O2S. The Balaban J connectivity index is 1.41. The molecule has 3 aromatic rings. The predicted molar refractivity (Wildman–Crippen MR) is 105 cm³/mol. The van der Waals surface area contributed by atoms with Gasteiger partial charge in [0.25, 0.3) is 5.91 Å². The largest absolute Gasteiger partial charge is 0.497 e. The number of thiazole rings is 1. The highest BCUT2D eigenvalue weighted by atomic mass is 32.1. The first-order valence-corrected chi connectivity index (χ1v) is 9.76. The van der Waals surface area contributed by atoms with Gasteiger partial charge >= 0.3 is 0 Å². The summed E-state index contributed by atoms with van der Waals surface area (Å²) in [7, 11) is 1.64. The number of anilines is 2. The summed E-state index contributed by atoms with van der Waals surface area (Å²) in [4.78, 5) is 19.2. The molecular weight excluding hydrogens is 362 g/mol. The van der Waals surface area contributed by atoms with Crippen molar-refractivity contribution in [3.05, 3.63) is 53.3 Å². The minimum Gasteiger partial charge on any atom is -0.497 e. The Morgan fingerprint density at radius 2 is 2.19 bits per heavy atom. The van der Waals surface area contributed by atoms with E-state index in [1.807, 2.05) is 40.6 Å². The lowest BCUT2D eigenvalue weighted by molar-refractivity contribution is 0.0701. The van der Waals surface area contributed by atoms with Gasteiger partial charge in [0.05, 0.1) is 7.11 Å². The third-order valence-corrected chi connectivity index (χ3v) is 5.49. The molecule has 0 radical (unpaired) electrons. The summed E-state index contributed by atoms with van der Waals surface area (Å²) in [6.07, 6.45) is 3.80. The maximum Gasteiger partial charge on any atom is 0.273 e. The van der Waals surface area contributed by atoms with Crippen molar-refractivity contribution in [2.75, 3.05) is 25.5 Å². The van der Waals surface area contributed by atoms with Crippen LogP contribution in [0.25, 0.3) is 0 Å². The molecule has 2 N–H and O–H groups in total. The maximum atomic E-state index is 12.9.